The zero-order valence-corrected chi connectivity index (χ0v) is 15.1. The Morgan fingerprint density at radius 1 is 0.963 bits per heavy atom. The summed E-state index contributed by atoms with van der Waals surface area (Å²) in [5.41, 5.74) is 2.08. The molecule has 1 amide bonds. The van der Waals surface area contributed by atoms with Gasteiger partial charge < -0.3 is 19.5 Å². The first-order chi connectivity index (χ1) is 13.2. The van der Waals surface area contributed by atoms with Crippen LogP contribution in [-0.4, -0.2) is 25.1 Å². The van der Waals surface area contributed by atoms with Crippen LogP contribution in [-0.2, 0) is 6.61 Å². The Hall–Kier alpha value is -3.54. The maximum absolute atomic E-state index is 12.5. The van der Waals surface area contributed by atoms with Gasteiger partial charge in [0, 0.05) is 11.6 Å². The Labute approximate surface area is 157 Å². The van der Waals surface area contributed by atoms with Crippen LogP contribution in [0.4, 0.5) is 5.69 Å². The first kappa shape index (κ1) is 18.3. The fraction of sp³-hybridized carbons (Fsp3) is 0.143. The van der Waals surface area contributed by atoms with Gasteiger partial charge in [-0.05, 0) is 29.8 Å². The fourth-order valence-electron chi connectivity index (χ4n) is 2.44. The van der Waals surface area contributed by atoms with Gasteiger partial charge in [-0.2, -0.15) is 0 Å². The van der Waals surface area contributed by atoms with Gasteiger partial charge in [0.05, 0.1) is 26.1 Å². The highest BCUT2D eigenvalue weighted by Gasteiger charge is 2.12. The van der Waals surface area contributed by atoms with Gasteiger partial charge >= 0.3 is 0 Å². The zero-order chi connectivity index (χ0) is 19.1. The molecule has 0 atom stereocenters. The first-order valence-corrected chi connectivity index (χ1v) is 8.36. The number of benzene rings is 2. The summed E-state index contributed by atoms with van der Waals surface area (Å²) in [6.45, 7) is 0.417. The lowest BCUT2D eigenvalue weighted by Gasteiger charge is -2.12. The molecular formula is C21H20N2O4. The number of hydrogen-bond donors (Lipinski definition) is 1. The van der Waals surface area contributed by atoms with Crippen LogP contribution in [0.15, 0.2) is 66.9 Å². The minimum Gasteiger partial charge on any atom is -0.493 e. The van der Waals surface area contributed by atoms with E-state index in [9.17, 15) is 4.79 Å². The van der Waals surface area contributed by atoms with Crippen molar-refractivity contribution >= 4 is 11.6 Å². The van der Waals surface area contributed by atoms with Crippen LogP contribution in [0, 0.1) is 0 Å². The molecule has 0 radical (unpaired) electrons. The summed E-state index contributed by atoms with van der Waals surface area (Å²) in [5, 5.41) is 2.78. The van der Waals surface area contributed by atoms with E-state index in [1.165, 1.54) is 13.3 Å². The highest BCUT2D eigenvalue weighted by Crippen LogP contribution is 2.29. The number of rotatable bonds is 7. The Bertz CT molecular complexity index is 896. The Morgan fingerprint density at radius 3 is 2.44 bits per heavy atom. The first-order valence-electron chi connectivity index (χ1n) is 8.36. The van der Waals surface area contributed by atoms with Crippen LogP contribution in [0.25, 0.3) is 0 Å². The smallest absolute Gasteiger partial charge is 0.255 e. The predicted molar refractivity (Wildman–Crippen MR) is 103 cm³/mol. The molecule has 0 spiro atoms. The minimum absolute atomic E-state index is 0.269. The summed E-state index contributed by atoms with van der Waals surface area (Å²) in [4.78, 5) is 16.5. The second-order valence-electron chi connectivity index (χ2n) is 5.68. The molecule has 0 unspecified atom stereocenters. The summed E-state index contributed by atoms with van der Waals surface area (Å²) < 4.78 is 16.2. The van der Waals surface area contributed by atoms with Crippen molar-refractivity contribution in [3.05, 3.63) is 78.0 Å². The quantitative estimate of drug-likeness (QED) is 0.688. The summed E-state index contributed by atoms with van der Waals surface area (Å²) in [5.74, 6) is 1.28. The average Bonchev–Trinajstić information content (AvgIpc) is 2.73. The summed E-state index contributed by atoms with van der Waals surface area (Å²) in [7, 11) is 3.08. The zero-order valence-electron chi connectivity index (χ0n) is 15.1. The Kier molecular flexibility index (Phi) is 5.89. The number of aromatic nitrogens is 1. The van der Waals surface area contributed by atoms with Gasteiger partial charge in [-0.3, -0.25) is 4.79 Å². The molecule has 0 aliphatic rings. The monoisotopic (exact) mass is 364 g/mol. The van der Waals surface area contributed by atoms with Crippen LogP contribution in [0.1, 0.15) is 15.9 Å². The van der Waals surface area contributed by atoms with E-state index in [0.717, 1.165) is 5.56 Å². The van der Waals surface area contributed by atoms with Crippen LogP contribution in [0.5, 0.6) is 17.4 Å². The van der Waals surface area contributed by atoms with E-state index in [1.54, 1.807) is 37.4 Å². The molecule has 3 rings (SSSR count). The molecule has 0 aliphatic carbocycles. The van der Waals surface area contributed by atoms with E-state index in [2.05, 4.69) is 10.3 Å². The van der Waals surface area contributed by atoms with Crippen molar-refractivity contribution in [3.8, 4) is 17.4 Å². The molecule has 3 aromatic rings. The number of carbonyl (C=O) groups is 1. The van der Waals surface area contributed by atoms with Gasteiger partial charge in [0.15, 0.2) is 11.5 Å². The third kappa shape index (κ3) is 4.76. The topological polar surface area (TPSA) is 69.7 Å². The third-order valence-electron chi connectivity index (χ3n) is 3.87. The number of nitrogens with zero attached hydrogens (tertiary/aromatic N) is 1. The van der Waals surface area contributed by atoms with Gasteiger partial charge in [0.25, 0.3) is 5.91 Å². The number of ether oxygens (including phenoxy) is 3. The average molecular weight is 364 g/mol. The number of nitrogens with one attached hydrogen (secondary N) is 1. The Morgan fingerprint density at radius 2 is 1.78 bits per heavy atom. The number of methoxy groups -OCH3 is 2. The molecule has 0 saturated heterocycles. The highest BCUT2D eigenvalue weighted by molar-refractivity contribution is 6.04. The second kappa shape index (κ2) is 8.71. The summed E-state index contributed by atoms with van der Waals surface area (Å²) in [6.07, 6.45) is 1.53. The standard InChI is InChI=1S/C21H20N2O4/c1-25-19-12-16(21(24)23-17-9-11-20(26-2)22-13-17)8-10-18(19)27-14-15-6-4-3-5-7-15/h3-13H,14H2,1-2H3,(H,23,24). The van der Waals surface area contributed by atoms with Crippen molar-refractivity contribution in [2.75, 3.05) is 19.5 Å². The highest BCUT2D eigenvalue weighted by atomic mass is 16.5. The molecule has 27 heavy (non-hydrogen) atoms. The molecular weight excluding hydrogens is 344 g/mol. The van der Waals surface area contributed by atoms with Gasteiger partial charge in [0.1, 0.15) is 6.61 Å². The molecule has 0 bridgehead atoms. The molecule has 0 saturated carbocycles. The van der Waals surface area contributed by atoms with Crippen molar-refractivity contribution < 1.29 is 19.0 Å². The lowest BCUT2D eigenvalue weighted by atomic mass is 10.2. The van der Waals surface area contributed by atoms with Crippen LogP contribution >= 0.6 is 0 Å². The van der Waals surface area contributed by atoms with Crippen molar-refractivity contribution in [2.45, 2.75) is 6.61 Å². The summed E-state index contributed by atoms with van der Waals surface area (Å²) in [6, 6.07) is 18.3. The molecule has 1 aromatic heterocycles. The van der Waals surface area contributed by atoms with E-state index < -0.39 is 0 Å². The maximum Gasteiger partial charge on any atom is 0.255 e. The van der Waals surface area contributed by atoms with Gasteiger partial charge in [-0.15, -0.1) is 0 Å². The van der Waals surface area contributed by atoms with E-state index >= 15 is 0 Å². The van der Waals surface area contributed by atoms with E-state index in [-0.39, 0.29) is 5.91 Å². The second-order valence-corrected chi connectivity index (χ2v) is 5.68. The van der Waals surface area contributed by atoms with E-state index in [1.807, 2.05) is 30.3 Å². The molecule has 0 fully saturated rings. The molecule has 6 heteroatoms. The number of anilines is 1. The minimum atomic E-state index is -0.269. The molecule has 138 valence electrons. The maximum atomic E-state index is 12.5. The largest absolute Gasteiger partial charge is 0.493 e. The van der Waals surface area contributed by atoms with Gasteiger partial charge in [0.2, 0.25) is 5.88 Å². The van der Waals surface area contributed by atoms with Crippen molar-refractivity contribution in [1.82, 2.24) is 4.98 Å². The van der Waals surface area contributed by atoms with Crippen molar-refractivity contribution in [1.29, 1.82) is 0 Å². The number of amides is 1. The molecule has 6 nitrogen and oxygen atoms in total. The third-order valence-corrected chi connectivity index (χ3v) is 3.87. The Balaban J connectivity index is 1.69. The van der Waals surface area contributed by atoms with Crippen LogP contribution in [0.3, 0.4) is 0 Å². The van der Waals surface area contributed by atoms with Crippen LogP contribution < -0.4 is 19.5 Å². The molecule has 2 aromatic carbocycles. The number of pyridine rings is 1. The molecule has 1 heterocycles. The predicted octanol–water partition coefficient (Wildman–Crippen LogP) is 3.93. The normalized spacial score (nSPS) is 10.1. The lowest BCUT2D eigenvalue weighted by molar-refractivity contribution is 0.102. The number of carbonyl (C=O) groups excluding carboxylic acids is 1. The van der Waals surface area contributed by atoms with E-state index in [4.69, 9.17) is 14.2 Å². The van der Waals surface area contributed by atoms with Crippen LogP contribution in [0.2, 0.25) is 0 Å². The van der Waals surface area contributed by atoms with E-state index in [0.29, 0.717) is 35.2 Å². The van der Waals surface area contributed by atoms with Gasteiger partial charge in [-0.25, -0.2) is 4.98 Å². The lowest BCUT2D eigenvalue weighted by Crippen LogP contribution is -2.12. The molecule has 0 aliphatic heterocycles. The van der Waals surface area contributed by atoms with Crippen molar-refractivity contribution in [2.24, 2.45) is 0 Å². The summed E-state index contributed by atoms with van der Waals surface area (Å²) >= 11 is 0. The molecule has 1 N–H and O–H groups in total. The van der Waals surface area contributed by atoms with Gasteiger partial charge in [-0.1, -0.05) is 30.3 Å². The number of hydrogen-bond acceptors (Lipinski definition) is 5. The SMILES string of the molecule is COc1ccc(NC(=O)c2ccc(OCc3ccccc3)c(OC)c2)cn1. The van der Waals surface area contributed by atoms with Crippen molar-refractivity contribution in [3.63, 3.8) is 0 Å². The fourth-order valence-corrected chi connectivity index (χ4v) is 2.44.